The lowest BCUT2D eigenvalue weighted by Crippen LogP contribution is -2.36. The second-order valence-electron chi connectivity index (χ2n) is 9.30. The highest BCUT2D eigenvalue weighted by Crippen LogP contribution is 2.29. The van der Waals surface area contributed by atoms with Crippen molar-refractivity contribution in [3.8, 4) is 0 Å². The number of morpholine rings is 1. The van der Waals surface area contributed by atoms with Crippen LogP contribution in [0.3, 0.4) is 0 Å². The minimum absolute atomic E-state index is 0.360. The number of para-hydroxylation sites is 1. The lowest BCUT2D eigenvalue weighted by molar-refractivity contribution is 0.122. The fourth-order valence-corrected chi connectivity index (χ4v) is 4.66. The zero-order valence-corrected chi connectivity index (χ0v) is 21.2. The molecule has 1 saturated heterocycles. The molecule has 0 unspecified atom stereocenters. The van der Waals surface area contributed by atoms with Crippen molar-refractivity contribution in [2.45, 2.75) is 13.8 Å². The first-order chi connectivity index (χ1) is 18.5. The quantitative estimate of drug-likeness (QED) is 0.253. The number of fused-ring (bicyclic) bond motifs is 2. The van der Waals surface area contributed by atoms with Crippen molar-refractivity contribution in [3.05, 3.63) is 72.2 Å². The molecule has 3 aromatic carbocycles. The maximum absolute atomic E-state index is 12.9. The number of nitrogens with one attached hydrogen (secondary N) is 4. The highest BCUT2D eigenvalue weighted by atomic mass is 16.5. The Labute approximate surface area is 219 Å². The van der Waals surface area contributed by atoms with Crippen molar-refractivity contribution < 1.29 is 9.53 Å². The van der Waals surface area contributed by atoms with E-state index in [1.165, 1.54) is 0 Å². The summed E-state index contributed by atoms with van der Waals surface area (Å²) in [7, 11) is 0. The van der Waals surface area contributed by atoms with E-state index in [4.69, 9.17) is 4.74 Å². The number of amides is 2. The number of nitrogens with zero attached hydrogens (tertiary/aromatic N) is 4. The van der Waals surface area contributed by atoms with Crippen LogP contribution in [0.4, 0.5) is 33.5 Å². The minimum atomic E-state index is -0.360. The summed E-state index contributed by atoms with van der Waals surface area (Å²) in [5, 5.41) is 10.1. The number of aromatic nitrogens is 4. The number of hydrogen-bond donors (Lipinski definition) is 4. The van der Waals surface area contributed by atoms with Gasteiger partial charge in [0.15, 0.2) is 0 Å². The smallest absolute Gasteiger partial charge is 0.323 e. The van der Waals surface area contributed by atoms with Crippen molar-refractivity contribution in [1.82, 2.24) is 19.9 Å². The molecule has 6 rings (SSSR count). The average Bonchev–Trinajstić information content (AvgIpc) is 3.30. The van der Waals surface area contributed by atoms with Crippen LogP contribution < -0.4 is 20.9 Å². The molecule has 4 N–H and O–H groups in total. The predicted octanol–water partition coefficient (Wildman–Crippen LogP) is 5.35. The first kappa shape index (κ1) is 23.7. The van der Waals surface area contributed by atoms with Crippen molar-refractivity contribution >= 4 is 56.7 Å². The van der Waals surface area contributed by atoms with Crippen LogP contribution in [-0.2, 0) is 4.74 Å². The highest BCUT2D eigenvalue weighted by molar-refractivity contribution is 6.05. The van der Waals surface area contributed by atoms with Gasteiger partial charge in [0.1, 0.15) is 11.3 Å². The SMILES string of the molecule is Cc1nc2c(NC(=O)Nc3ccc(N4CCOCC4)cc3)cc(Nc3ncc4cccc(C)c4n3)cc2[nH]1. The van der Waals surface area contributed by atoms with Crippen LogP contribution in [0.1, 0.15) is 11.4 Å². The van der Waals surface area contributed by atoms with E-state index < -0.39 is 0 Å². The van der Waals surface area contributed by atoms with Crippen LogP contribution in [0.25, 0.3) is 21.9 Å². The van der Waals surface area contributed by atoms with Crippen LogP contribution >= 0.6 is 0 Å². The van der Waals surface area contributed by atoms with E-state index in [9.17, 15) is 4.79 Å². The molecule has 3 heterocycles. The maximum Gasteiger partial charge on any atom is 0.323 e. The van der Waals surface area contributed by atoms with Crippen molar-refractivity contribution in [2.75, 3.05) is 47.2 Å². The Morgan fingerprint density at radius 3 is 2.58 bits per heavy atom. The molecule has 1 fully saturated rings. The van der Waals surface area contributed by atoms with Gasteiger partial charge >= 0.3 is 6.03 Å². The van der Waals surface area contributed by atoms with Crippen LogP contribution in [-0.4, -0.2) is 52.3 Å². The van der Waals surface area contributed by atoms with E-state index in [2.05, 4.69) is 40.8 Å². The first-order valence-electron chi connectivity index (χ1n) is 12.5. The van der Waals surface area contributed by atoms with E-state index in [0.29, 0.717) is 22.8 Å². The molecular weight excluding hydrogens is 480 g/mol. The molecule has 10 nitrogen and oxygen atoms in total. The molecule has 38 heavy (non-hydrogen) atoms. The lowest BCUT2D eigenvalue weighted by atomic mass is 10.1. The van der Waals surface area contributed by atoms with Gasteiger partial charge < -0.3 is 30.6 Å². The van der Waals surface area contributed by atoms with Gasteiger partial charge in [-0.05, 0) is 55.8 Å². The van der Waals surface area contributed by atoms with E-state index >= 15 is 0 Å². The molecule has 2 aromatic heterocycles. The molecular formula is C28H28N8O2. The molecule has 1 aliphatic heterocycles. The largest absolute Gasteiger partial charge is 0.378 e. The van der Waals surface area contributed by atoms with Gasteiger partial charge in [-0.1, -0.05) is 18.2 Å². The monoisotopic (exact) mass is 508 g/mol. The number of hydrogen-bond acceptors (Lipinski definition) is 7. The molecule has 2 amide bonds. The minimum Gasteiger partial charge on any atom is -0.378 e. The lowest BCUT2D eigenvalue weighted by Gasteiger charge is -2.28. The molecule has 0 atom stereocenters. The zero-order chi connectivity index (χ0) is 26.1. The number of urea groups is 1. The molecule has 5 aromatic rings. The molecule has 0 radical (unpaired) electrons. The standard InChI is InChI=1S/C28H28N8O2/c1-17-4-3-5-19-16-29-27(35-25(17)19)32-21-14-23-26(31-18(2)30-23)24(15-21)34-28(37)33-20-6-8-22(9-7-20)36-10-12-38-13-11-36/h3-9,14-16H,10-13H2,1-2H3,(H,30,31)(H,29,32,35)(H2,33,34,37). The number of benzene rings is 3. The number of rotatable bonds is 5. The Bertz CT molecular complexity index is 1620. The second-order valence-corrected chi connectivity index (χ2v) is 9.30. The summed E-state index contributed by atoms with van der Waals surface area (Å²) in [5.41, 5.74) is 6.51. The van der Waals surface area contributed by atoms with Crippen molar-refractivity contribution in [3.63, 3.8) is 0 Å². The van der Waals surface area contributed by atoms with E-state index in [1.54, 1.807) is 6.20 Å². The Hall–Kier alpha value is -4.70. The molecule has 0 aliphatic carbocycles. The Morgan fingerprint density at radius 2 is 1.76 bits per heavy atom. The maximum atomic E-state index is 12.9. The fraction of sp³-hybridized carbons (Fsp3) is 0.214. The molecule has 0 spiro atoms. The van der Waals surface area contributed by atoms with Crippen LogP contribution in [0.15, 0.2) is 60.8 Å². The number of imidazole rings is 1. The van der Waals surface area contributed by atoms with Gasteiger partial charge in [-0.15, -0.1) is 0 Å². The van der Waals surface area contributed by atoms with Crippen LogP contribution in [0.2, 0.25) is 0 Å². The summed E-state index contributed by atoms with van der Waals surface area (Å²) in [4.78, 5) is 32.2. The fourth-order valence-electron chi connectivity index (χ4n) is 4.66. The van der Waals surface area contributed by atoms with Crippen molar-refractivity contribution in [2.24, 2.45) is 0 Å². The number of anilines is 5. The number of carbonyl (C=O) groups is 1. The summed E-state index contributed by atoms with van der Waals surface area (Å²) in [5.74, 6) is 1.22. The second kappa shape index (κ2) is 9.98. The molecule has 1 aliphatic rings. The van der Waals surface area contributed by atoms with E-state index in [1.807, 2.05) is 68.4 Å². The Kier molecular flexibility index (Phi) is 6.22. The van der Waals surface area contributed by atoms with Gasteiger partial charge in [0.25, 0.3) is 0 Å². The van der Waals surface area contributed by atoms with Crippen LogP contribution in [0, 0.1) is 13.8 Å². The predicted molar refractivity (Wildman–Crippen MR) is 151 cm³/mol. The Morgan fingerprint density at radius 1 is 0.947 bits per heavy atom. The third kappa shape index (κ3) is 4.94. The van der Waals surface area contributed by atoms with E-state index in [0.717, 1.165) is 65.5 Å². The summed E-state index contributed by atoms with van der Waals surface area (Å²) in [6, 6.07) is 17.2. The summed E-state index contributed by atoms with van der Waals surface area (Å²) < 4.78 is 5.42. The normalized spacial score (nSPS) is 13.6. The van der Waals surface area contributed by atoms with Gasteiger partial charge in [-0.2, -0.15) is 0 Å². The van der Waals surface area contributed by atoms with Gasteiger partial charge in [0, 0.05) is 41.7 Å². The van der Waals surface area contributed by atoms with E-state index in [-0.39, 0.29) is 6.03 Å². The summed E-state index contributed by atoms with van der Waals surface area (Å²) >= 11 is 0. The number of aromatic amines is 1. The highest BCUT2D eigenvalue weighted by Gasteiger charge is 2.14. The number of ether oxygens (including phenoxy) is 1. The number of carbonyl (C=O) groups excluding carboxylic acids is 1. The van der Waals surface area contributed by atoms with Crippen LogP contribution in [0.5, 0.6) is 0 Å². The molecule has 0 saturated carbocycles. The topological polar surface area (TPSA) is 120 Å². The van der Waals surface area contributed by atoms with Gasteiger partial charge in [-0.3, -0.25) is 0 Å². The summed E-state index contributed by atoms with van der Waals surface area (Å²) in [6.45, 7) is 7.08. The van der Waals surface area contributed by atoms with Crippen molar-refractivity contribution in [1.29, 1.82) is 0 Å². The summed E-state index contributed by atoms with van der Waals surface area (Å²) in [6.07, 6.45) is 1.80. The number of H-pyrrole nitrogens is 1. The average molecular weight is 509 g/mol. The molecule has 0 bridgehead atoms. The van der Waals surface area contributed by atoms with Gasteiger partial charge in [0.2, 0.25) is 5.95 Å². The third-order valence-corrected chi connectivity index (χ3v) is 6.52. The first-order valence-corrected chi connectivity index (χ1v) is 12.5. The Balaban J connectivity index is 1.21. The molecule has 192 valence electrons. The molecule has 10 heteroatoms. The zero-order valence-electron chi connectivity index (χ0n) is 21.2. The van der Waals surface area contributed by atoms with Gasteiger partial charge in [-0.25, -0.2) is 19.7 Å². The van der Waals surface area contributed by atoms with Gasteiger partial charge in [0.05, 0.1) is 29.9 Å². The third-order valence-electron chi connectivity index (χ3n) is 6.52. The number of aryl methyl sites for hydroxylation is 2.